The van der Waals surface area contributed by atoms with Gasteiger partial charge in [0.2, 0.25) is 0 Å². The predicted octanol–water partition coefficient (Wildman–Crippen LogP) is 3.83. The Bertz CT molecular complexity index is 377. The molecule has 1 rings (SSSR count). The number of nitrogens with one attached hydrogen (secondary N) is 1. The Balaban J connectivity index is 3.16. The molecule has 0 aliphatic heterocycles. The Hall–Kier alpha value is -0.350. The maximum absolute atomic E-state index is 10.6. The molecule has 0 unspecified atom stereocenters. The molecule has 3 nitrogen and oxygen atoms in total. The van der Waals surface area contributed by atoms with Gasteiger partial charge in [0, 0.05) is 23.7 Å². The lowest BCUT2D eigenvalue weighted by Gasteiger charge is -2.19. The van der Waals surface area contributed by atoms with Crippen LogP contribution < -0.4 is 10.2 Å². The highest BCUT2D eigenvalue weighted by molar-refractivity contribution is 6.67. The number of methoxy groups -OCH3 is 1. The Morgan fingerprint density at radius 1 is 1.38 bits per heavy atom. The Morgan fingerprint density at radius 3 is 2.44 bits per heavy atom. The SMILES string of the molecule is COc1cc(N[O-])cc(C)c1CC(Cl)(Cl)Cl. The van der Waals surface area contributed by atoms with Crippen LogP contribution in [0.15, 0.2) is 12.1 Å². The molecule has 0 bridgehead atoms. The van der Waals surface area contributed by atoms with Gasteiger partial charge in [0.15, 0.2) is 3.79 Å². The van der Waals surface area contributed by atoms with E-state index in [1.165, 1.54) is 7.11 Å². The average Bonchev–Trinajstić information content (AvgIpc) is 2.19. The lowest BCUT2D eigenvalue weighted by Crippen LogP contribution is -2.10. The Kier molecular flexibility index (Phi) is 4.56. The van der Waals surface area contributed by atoms with E-state index in [4.69, 9.17) is 39.5 Å². The molecule has 6 heteroatoms. The first-order valence-electron chi connectivity index (χ1n) is 4.50. The van der Waals surface area contributed by atoms with Gasteiger partial charge in [-0.15, -0.1) is 0 Å². The largest absolute Gasteiger partial charge is 0.761 e. The summed E-state index contributed by atoms with van der Waals surface area (Å²) < 4.78 is 3.78. The number of rotatable bonds is 3. The van der Waals surface area contributed by atoms with Crippen LogP contribution in [0.5, 0.6) is 5.75 Å². The molecule has 90 valence electrons. The van der Waals surface area contributed by atoms with Gasteiger partial charge in [-0.25, -0.2) is 0 Å². The molecule has 0 atom stereocenters. The monoisotopic (exact) mass is 282 g/mol. The summed E-state index contributed by atoms with van der Waals surface area (Å²) in [5.74, 6) is 0.532. The minimum Gasteiger partial charge on any atom is -0.761 e. The summed E-state index contributed by atoms with van der Waals surface area (Å²) in [4.78, 5) is 0. The molecule has 0 aliphatic rings. The van der Waals surface area contributed by atoms with E-state index >= 15 is 0 Å². The smallest absolute Gasteiger partial charge is 0.194 e. The van der Waals surface area contributed by atoms with Gasteiger partial charge in [-0.2, -0.15) is 0 Å². The van der Waals surface area contributed by atoms with Crippen LogP contribution in [0.1, 0.15) is 11.1 Å². The second-order valence-corrected chi connectivity index (χ2v) is 5.88. The molecule has 16 heavy (non-hydrogen) atoms. The lowest BCUT2D eigenvalue weighted by molar-refractivity contribution is 0.409. The summed E-state index contributed by atoms with van der Waals surface area (Å²) >= 11 is 17.2. The van der Waals surface area contributed by atoms with Crippen molar-refractivity contribution in [2.45, 2.75) is 17.1 Å². The van der Waals surface area contributed by atoms with Crippen LogP contribution in [0.25, 0.3) is 0 Å². The van der Waals surface area contributed by atoms with E-state index in [0.29, 0.717) is 11.4 Å². The van der Waals surface area contributed by atoms with E-state index in [1.54, 1.807) is 17.6 Å². The van der Waals surface area contributed by atoms with Gasteiger partial charge in [0.1, 0.15) is 5.75 Å². The first-order valence-corrected chi connectivity index (χ1v) is 5.63. The third kappa shape index (κ3) is 3.59. The number of benzene rings is 1. The van der Waals surface area contributed by atoms with Gasteiger partial charge in [0.05, 0.1) is 7.11 Å². The van der Waals surface area contributed by atoms with Crippen molar-refractivity contribution in [2.24, 2.45) is 0 Å². The first-order chi connectivity index (χ1) is 7.37. The number of alkyl halides is 3. The molecule has 0 aromatic heterocycles. The number of ether oxygens (including phenoxy) is 1. The van der Waals surface area contributed by atoms with E-state index in [-0.39, 0.29) is 6.42 Å². The number of hydrogen-bond acceptors (Lipinski definition) is 3. The average molecular weight is 284 g/mol. The molecule has 0 saturated carbocycles. The summed E-state index contributed by atoms with van der Waals surface area (Å²) in [6.45, 7) is 1.83. The molecule has 0 saturated heterocycles. The third-order valence-corrected chi connectivity index (χ3v) is 2.55. The number of aryl methyl sites for hydroxylation is 1. The van der Waals surface area contributed by atoms with Crippen molar-refractivity contribution in [3.05, 3.63) is 28.5 Å². The van der Waals surface area contributed by atoms with Crippen LogP contribution in [-0.2, 0) is 6.42 Å². The molecule has 0 fully saturated rings. The van der Waals surface area contributed by atoms with Crippen molar-refractivity contribution in [3.63, 3.8) is 0 Å². The minimum atomic E-state index is -1.38. The van der Waals surface area contributed by atoms with Crippen LogP contribution in [0.3, 0.4) is 0 Å². The second kappa shape index (κ2) is 5.32. The quantitative estimate of drug-likeness (QED) is 0.677. The van der Waals surface area contributed by atoms with Crippen LogP contribution in [0.2, 0.25) is 0 Å². The van der Waals surface area contributed by atoms with Gasteiger partial charge in [-0.05, 0) is 18.6 Å². The zero-order chi connectivity index (χ0) is 12.3. The van der Waals surface area contributed by atoms with Gasteiger partial charge < -0.3 is 15.4 Å². The van der Waals surface area contributed by atoms with E-state index < -0.39 is 3.79 Å². The summed E-state index contributed by atoms with van der Waals surface area (Å²) in [7, 11) is 1.51. The highest BCUT2D eigenvalue weighted by atomic mass is 35.6. The second-order valence-electron chi connectivity index (χ2n) is 3.37. The zero-order valence-corrected chi connectivity index (χ0v) is 11.1. The fourth-order valence-electron chi connectivity index (χ4n) is 1.45. The Labute approximate surface area is 109 Å². The fourth-order valence-corrected chi connectivity index (χ4v) is 1.85. The molecule has 1 aromatic carbocycles. The minimum absolute atomic E-state index is 0.228. The van der Waals surface area contributed by atoms with Crippen molar-refractivity contribution in [3.8, 4) is 5.75 Å². The summed E-state index contributed by atoms with van der Waals surface area (Å²) in [5.41, 5.74) is 3.84. The third-order valence-electron chi connectivity index (χ3n) is 2.15. The summed E-state index contributed by atoms with van der Waals surface area (Å²) in [6, 6.07) is 3.26. The van der Waals surface area contributed by atoms with Gasteiger partial charge >= 0.3 is 0 Å². The lowest BCUT2D eigenvalue weighted by atomic mass is 10.0. The van der Waals surface area contributed by atoms with Crippen molar-refractivity contribution in [1.82, 2.24) is 0 Å². The van der Waals surface area contributed by atoms with E-state index in [1.807, 2.05) is 6.92 Å². The normalized spacial score (nSPS) is 11.4. The van der Waals surface area contributed by atoms with Crippen LogP contribution in [0.4, 0.5) is 5.69 Å². The highest BCUT2D eigenvalue weighted by Crippen LogP contribution is 2.36. The van der Waals surface area contributed by atoms with Gasteiger partial charge in [0.25, 0.3) is 0 Å². The maximum Gasteiger partial charge on any atom is 0.194 e. The molecule has 0 amide bonds. The molecule has 0 radical (unpaired) electrons. The van der Waals surface area contributed by atoms with Crippen LogP contribution in [0, 0.1) is 12.1 Å². The molecular weight excluding hydrogens is 272 g/mol. The van der Waals surface area contributed by atoms with Crippen molar-refractivity contribution in [2.75, 3.05) is 12.6 Å². The van der Waals surface area contributed by atoms with Crippen LogP contribution >= 0.6 is 34.8 Å². The van der Waals surface area contributed by atoms with Crippen molar-refractivity contribution in [1.29, 1.82) is 0 Å². The molecular formula is C10H11Cl3NO2-. The zero-order valence-electron chi connectivity index (χ0n) is 8.81. The standard InChI is InChI=1S/C10H11Cl3NO2/c1-6-3-7(14-15)4-9(16-2)8(6)5-10(11,12)13/h3-4,14H,5H2,1-2H3/q-1. The van der Waals surface area contributed by atoms with E-state index in [0.717, 1.165) is 11.1 Å². The molecule has 0 aliphatic carbocycles. The molecule has 1 N–H and O–H groups in total. The summed E-state index contributed by atoms with van der Waals surface area (Å²) in [6.07, 6.45) is 0.228. The predicted molar refractivity (Wildman–Crippen MR) is 68.7 cm³/mol. The summed E-state index contributed by atoms with van der Waals surface area (Å²) in [5, 5.41) is 10.6. The van der Waals surface area contributed by atoms with Crippen molar-refractivity contribution < 1.29 is 4.74 Å². The first kappa shape index (κ1) is 13.7. The van der Waals surface area contributed by atoms with E-state index in [9.17, 15) is 5.21 Å². The number of anilines is 1. The molecule has 0 spiro atoms. The van der Waals surface area contributed by atoms with E-state index in [2.05, 4.69) is 0 Å². The number of halogens is 3. The fraction of sp³-hybridized carbons (Fsp3) is 0.400. The highest BCUT2D eigenvalue weighted by Gasteiger charge is 2.23. The molecule has 1 aromatic rings. The van der Waals surface area contributed by atoms with Gasteiger partial charge in [-0.1, -0.05) is 34.8 Å². The molecule has 0 heterocycles. The van der Waals surface area contributed by atoms with Crippen LogP contribution in [-0.4, -0.2) is 10.9 Å². The Morgan fingerprint density at radius 2 is 2.00 bits per heavy atom. The van der Waals surface area contributed by atoms with Crippen molar-refractivity contribution >= 4 is 40.5 Å². The maximum atomic E-state index is 10.6. The topological polar surface area (TPSA) is 44.3 Å². The van der Waals surface area contributed by atoms with Gasteiger partial charge in [-0.3, -0.25) is 0 Å². The number of hydrogen-bond donors (Lipinski definition) is 1.